The number of benzene rings is 1. The molecular formula is C18H26O4. The van der Waals surface area contributed by atoms with Crippen LogP contribution in [0.1, 0.15) is 54.0 Å². The van der Waals surface area contributed by atoms with Crippen molar-refractivity contribution in [3.05, 3.63) is 23.8 Å². The molecule has 0 unspecified atom stereocenters. The van der Waals surface area contributed by atoms with Gasteiger partial charge >= 0.3 is 11.9 Å². The Hall–Kier alpha value is -1.84. The molecule has 0 amide bonds. The lowest BCUT2D eigenvalue weighted by Gasteiger charge is -2.21. The van der Waals surface area contributed by atoms with E-state index in [-0.39, 0.29) is 34.9 Å². The first-order valence-corrected chi connectivity index (χ1v) is 7.60. The van der Waals surface area contributed by atoms with Gasteiger partial charge in [-0.1, -0.05) is 54.5 Å². The zero-order valence-corrected chi connectivity index (χ0v) is 14.5. The fraction of sp³-hybridized carbons (Fsp3) is 0.556. The second kappa shape index (κ2) is 6.95. The largest absolute Gasteiger partial charge is 0.422 e. The quantitative estimate of drug-likeness (QED) is 0.620. The molecule has 0 aromatic heterocycles. The van der Waals surface area contributed by atoms with Crippen LogP contribution in [0.4, 0.5) is 0 Å². The first-order valence-electron chi connectivity index (χ1n) is 7.60. The first kappa shape index (κ1) is 18.2. The molecule has 0 N–H and O–H groups in total. The van der Waals surface area contributed by atoms with Crippen molar-refractivity contribution < 1.29 is 19.1 Å². The molecule has 0 spiro atoms. The van der Waals surface area contributed by atoms with Crippen LogP contribution in [0.25, 0.3) is 0 Å². The van der Waals surface area contributed by atoms with E-state index in [1.165, 1.54) is 0 Å². The molecule has 0 atom stereocenters. The molecule has 1 aromatic carbocycles. The molecule has 0 heterocycles. The molecule has 0 bridgehead atoms. The van der Waals surface area contributed by atoms with E-state index in [0.29, 0.717) is 5.75 Å². The maximum absolute atomic E-state index is 11.9. The third-order valence-electron chi connectivity index (χ3n) is 3.17. The number of hydrogen-bond acceptors (Lipinski definition) is 4. The van der Waals surface area contributed by atoms with Gasteiger partial charge in [0.05, 0.1) is 11.8 Å². The van der Waals surface area contributed by atoms with Crippen molar-refractivity contribution in [1.29, 1.82) is 0 Å². The molecule has 0 saturated heterocycles. The number of hydrogen-bond donors (Lipinski definition) is 0. The molecule has 0 radical (unpaired) electrons. The number of ether oxygens (including phenoxy) is 2. The molecule has 0 fully saturated rings. The summed E-state index contributed by atoms with van der Waals surface area (Å²) in [6, 6.07) is 5.34. The topological polar surface area (TPSA) is 52.6 Å². The fourth-order valence-electron chi connectivity index (χ4n) is 1.59. The van der Waals surface area contributed by atoms with E-state index in [1.807, 2.05) is 6.07 Å². The van der Waals surface area contributed by atoms with Crippen LogP contribution in [0.5, 0.6) is 11.5 Å². The Labute approximate surface area is 132 Å². The van der Waals surface area contributed by atoms with Crippen LogP contribution in [0.2, 0.25) is 0 Å². The molecular weight excluding hydrogens is 280 g/mol. The predicted molar refractivity (Wildman–Crippen MR) is 86.1 cm³/mol. The first-order chi connectivity index (χ1) is 10.0. The average Bonchev–Trinajstić information content (AvgIpc) is 2.38. The van der Waals surface area contributed by atoms with Gasteiger partial charge in [0.15, 0.2) is 11.5 Å². The lowest BCUT2D eigenvalue weighted by molar-refractivity contribution is -0.140. The molecule has 22 heavy (non-hydrogen) atoms. The van der Waals surface area contributed by atoms with Crippen LogP contribution in [0.15, 0.2) is 18.2 Å². The van der Waals surface area contributed by atoms with E-state index >= 15 is 0 Å². The highest BCUT2D eigenvalue weighted by atomic mass is 16.6. The van der Waals surface area contributed by atoms with Crippen LogP contribution < -0.4 is 9.47 Å². The lowest BCUT2D eigenvalue weighted by Crippen LogP contribution is -2.19. The average molecular weight is 306 g/mol. The molecule has 0 aliphatic rings. The van der Waals surface area contributed by atoms with Crippen molar-refractivity contribution in [2.75, 3.05) is 0 Å². The van der Waals surface area contributed by atoms with Crippen molar-refractivity contribution in [2.45, 2.75) is 53.9 Å². The van der Waals surface area contributed by atoms with Gasteiger partial charge in [0, 0.05) is 0 Å². The molecule has 0 aliphatic heterocycles. The lowest BCUT2D eigenvalue weighted by atomic mass is 9.87. The summed E-state index contributed by atoms with van der Waals surface area (Å²) in [6.07, 6.45) is 0. The third-order valence-corrected chi connectivity index (χ3v) is 3.17. The fourth-order valence-corrected chi connectivity index (χ4v) is 1.59. The Kier molecular flexibility index (Phi) is 5.75. The van der Waals surface area contributed by atoms with Gasteiger partial charge in [-0.3, -0.25) is 9.59 Å². The van der Waals surface area contributed by atoms with E-state index < -0.39 is 0 Å². The van der Waals surface area contributed by atoms with Crippen molar-refractivity contribution in [3.8, 4) is 11.5 Å². The van der Waals surface area contributed by atoms with Gasteiger partial charge in [-0.2, -0.15) is 0 Å². The normalized spacial score (nSPS) is 11.7. The van der Waals surface area contributed by atoms with Gasteiger partial charge in [-0.05, 0) is 23.1 Å². The molecule has 0 aliphatic carbocycles. The zero-order valence-electron chi connectivity index (χ0n) is 14.5. The van der Waals surface area contributed by atoms with Crippen LogP contribution in [-0.4, -0.2) is 11.9 Å². The SMILES string of the molecule is CC(C)C(=O)Oc1ccc(C(C)(C)C)cc1OC(=O)C(C)C. The summed E-state index contributed by atoms with van der Waals surface area (Å²) in [7, 11) is 0. The van der Waals surface area contributed by atoms with E-state index in [9.17, 15) is 9.59 Å². The van der Waals surface area contributed by atoms with Crippen molar-refractivity contribution in [3.63, 3.8) is 0 Å². The summed E-state index contributed by atoms with van der Waals surface area (Å²) in [4.78, 5) is 23.7. The van der Waals surface area contributed by atoms with Gasteiger partial charge < -0.3 is 9.47 Å². The van der Waals surface area contributed by atoms with E-state index in [2.05, 4.69) is 20.8 Å². The van der Waals surface area contributed by atoms with E-state index in [1.54, 1.807) is 39.8 Å². The van der Waals surface area contributed by atoms with Crippen LogP contribution in [0, 0.1) is 11.8 Å². The Morgan fingerprint density at radius 2 is 1.32 bits per heavy atom. The standard InChI is InChI=1S/C18H26O4/c1-11(2)16(19)21-14-9-8-13(18(5,6)7)10-15(14)22-17(20)12(3)4/h8-12H,1-7H3. The van der Waals surface area contributed by atoms with Crippen molar-refractivity contribution >= 4 is 11.9 Å². The van der Waals surface area contributed by atoms with Gasteiger partial charge in [0.2, 0.25) is 0 Å². The molecule has 122 valence electrons. The molecule has 4 heteroatoms. The van der Waals surface area contributed by atoms with E-state index in [4.69, 9.17) is 9.47 Å². The molecule has 0 saturated carbocycles. The van der Waals surface area contributed by atoms with Crippen molar-refractivity contribution in [2.24, 2.45) is 11.8 Å². The Balaban J connectivity index is 3.19. The van der Waals surface area contributed by atoms with Gasteiger partial charge in [-0.15, -0.1) is 0 Å². The minimum Gasteiger partial charge on any atom is -0.422 e. The highest BCUT2D eigenvalue weighted by Gasteiger charge is 2.21. The van der Waals surface area contributed by atoms with Crippen LogP contribution >= 0.6 is 0 Å². The maximum Gasteiger partial charge on any atom is 0.313 e. The minimum atomic E-state index is -0.356. The highest BCUT2D eigenvalue weighted by Crippen LogP contribution is 2.34. The maximum atomic E-state index is 11.9. The monoisotopic (exact) mass is 306 g/mol. The summed E-state index contributed by atoms with van der Waals surface area (Å²) in [5, 5.41) is 0. The molecule has 1 aromatic rings. The zero-order chi connectivity index (χ0) is 17.1. The third kappa shape index (κ3) is 4.86. The van der Waals surface area contributed by atoms with E-state index in [0.717, 1.165) is 5.56 Å². The smallest absolute Gasteiger partial charge is 0.313 e. The number of carbonyl (C=O) groups is 2. The predicted octanol–water partition coefficient (Wildman–Crippen LogP) is 4.11. The van der Waals surface area contributed by atoms with Gasteiger partial charge in [0.25, 0.3) is 0 Å². The summed E-state index contributed by atoms with van der Waals surface area (Å²) >= 11 is 0. The number of rotatable bonds is 4. The van der Waals surface area contributed by atoms with Gasteiger partial charge in [0.1, 0.15) is 0 Å². The molecule has 4 nitrogen and oxygen atoms in total. The minimum absolute atomic E-state index is 0.0976. The second-order valence-corrected chi connectivity index (χ2v) is 7.06. The van der Waals surface area contributed by atoms with Gasteiger partial charge in [-0.25, -0.2) is 0 Å². The number of carbonyl (C=O) groups excluding carboxylic acids is 2. The van der Waals surface area contributed by atoms with Crippen molar-refractivity contribution in [1.82, 2.24) is 0 Å². The summed E-state index contributed by atoms with van der Waals surface area (Å²) in [5.41, 5.74) is 0.906. The Morgan fingerprint density at radius 3 is 1.73 bits per heavy atom. The summed E-state index contributed by atoms with van der Waals surface area (Å²) in [5.74, 6) is -0.651. The second-order valence-electron chi connectivity index (χ2n) is 7.06. The Morgan fingerprint density at radius 1 is 0.864 bits per heavy atom. The molecule has 1 rings (SSSR count). The van der Waals surface area contributed by atoms with Crippen LogP contribution in [0.3, 0.4) is 0 Å². The summed E-state index contributed by atoms with van der Waals surface area (Å²) < 4.78 is 10.7. The highest BCUT2D eigenvalue weighted by molar-refractivity contribution is 5.78. The Bertz CT molecular complexity index is 551. The van der Waals surface area contributed by atoms with Crippen LogP contribution in [-0.2, 0) is 15.0 Å². The summed E-state index contributed by atoms with van der Waals surface area (Å²) in [6.45, 7) is 13.2. The number of esters is 2.